The molecule has 1 saturated heterocycles. The van der Waals surface area contributed by atoms with E-state index in [-0.39, 0.29) is 24.4 Å². The van der Waals surface area contributed by atoms with Gasteiger partial charge in [-0.1, -0.05) is 12.1 Å². The van der Waals surface area contributed by atoms with Gasteiger partial charge in [0.15, 0.2) is 0 Å². The zero-order valence-corrected chi connectivity index (χ0v) is 9.46. The summed E-state index contributed by atoms with van der Waals surface area (Å²) in [6, 6.07) is 4.24. The quantitative estimate of drug-likeness (QED) is 0.667. The minimum atomic E-state index is -4.35. The summed E-state index contributed by atoms with van der Waals surface area (Å²) in [5, 5.41) is 0. The number of carbonyl (C=O) groups excluding carboxylic acids is 1. The third kappa shape index (κ3) is 1.78. The summed E-state index contributed by atoms with van der Waals surface area (Å²) >= 11 is 0. The first-order valence-corrected chi connectivity index (χ1v) is 5.82. The van der Waals surface area contributed by atoms with Crippen LogP contribution >= 0.6 is 0 Å². The van der Waals surface area contributed by atoms with Gasteiger partial charge >= 0.3 is 12.1 Å². The summed E-state index contributed by atoms with van der Waals surface area (Å²) in [5.41, 5.74) is 0.395. The first kappa shape index (κ1) is 11.6. The molecule has 1 fully saturated rings. The molecule has 0 saturated carbocycles. The number of fused-ring (bicyclic) bond motifs is 2. The molecule has 0 aromatic heterocycles. The number of rotatable bonds is 0. The number of benzene rings is 1. The van der Waals surface area contributed by atoms with E-state index in [0.717, 1.165) is 6.07 Å². The van der Waals surface area contributed by atoms with Crippen LogP contribution in [0.5, 0.6) is 0 Å². The van der Waals surface area contributed by atoms with E-state index in [1.165, 1.54) is 6.07 Å². The van der Waals surface area contributed by atoms with Crippen molar-refractivity contribution in [3.63, 3.8) is 0 Å². The Morgan fingerprint density at radius 2 is 1.94 bits per heavy atom. The summed E-state index contributed by atoms with van der Waals surface area (Å²) in [7, 11) is 0. The van der Waals surface area contributed by atoms with E-state index in [4.69, 9.17) is 4.74 Å². The Balaban J connectivity index is 2.02. The maximum absolute atomic E-state index is 12.9. The van der Waals surface area contributed by atoms with Crippen molar-refractivity contribution in [2.24, 2.45) is 5.92 Å². The Hall–Kier alpha value is -1.52. The molecule has 3 rings (SSSR count). The molecule has 5 heteroatoms. The molecule has 0 radical (unpaired) electrons. The van der Waals surface area contributed by atoms with E-state index in [0.29, 0.717) is 24.0 Å². The van der Waals surface area contributed by atoms with E-state index in [9.17, 15) is 18.0 Å². The van der Waals surface area contributed by atoms with Crippen molar-refractivity contribution in [2.45, 2.75) is 31.5 Å². The van der Waals surface area contributed by atoms with Crippen molar-refractivity contribution < 1.29 is 22.7 Å². The average Bonchev–Trinajstić information content (AvgIpc) is 2.62. The molecule has 1 aromatic rings. The van der Waals surface area contributed by atoms with Gasteiger partial charge in [-0.2, -0.15) is 13.2 Å². The molecular formula is C13H11F3O2. The average molecular weight is 256 g/mol. The van der Waals surface area contributed by atoms with Crippen molar-refractivity contribution in [3.8, 4) is 0 Å². The highest BCUT2D eigenvalue weighted by Crippen LogP contribution is 2.40. The van der Waals surface area contributed by atoms with Crippen molar-refractivity contribution in [3.05, 3.63) is 34.9 Å². The summed E-state index contributed by atoms with van der Waals surface area (Å²) in [6.07, 6.45) is -3.73. The van der Waals surface area contributed by atoms with Gasteiger partial charge in [0.1, 0.15) is 6.10 Å². The number of ether oxygens (including phenoxy) is 1. The number of carbonyl (C=O) groups is 1. The second-order valence-electron chi connectivity index (χ2n) is 4.84. The summed E-state index contributed by atoms with van der Waals surface area (Å²) in [6.45, 7) is 0. The molecule has 0 amide bonds. The van der Waals surface area contributed by atoms with Crippen LogP contribution in [-0.4, -0.2) is 12.1 Å². The van der Waals surface area contributed by atoms with Crippen LogP contribution in [0.25, 0.3) is 0 Å². The lowest BCUT2D eigenvalue weighted by Gasteiger charge is -2.28. The Bertz CT molecular complexity index is 507. The van der Waals surface area contributed by atoms with Crippen LogP contribution in [0.3, 0.4) is 0 Å². The molecule has 2 aliphatic rings. The van der Waals surface area contributed by atoms with Gasteiger partial charge in [-0.25, -0.2) is 0 Å². The first-order valence-electron chi connectivity index (χ1n) is 5.82. The number of hydrogen-bond donors (Lipinski definition) is 0. The van der Waals surface area contributed by atoms with Crippen LogP contribution in [0.4, 0.5) is 13.2 Å². The Kier molecular flexibility index (Phi) is 2.40. The van der Waals surface area contributed by atoms with E-state index in [1.54, 1.807) is 6.07 Å². The van der Waals surface area contributed by atoms with Gasteiger partial charge in [0.2, 0.25) is 0 Å². The molecule has 1 aliphatic carbocycles. The largest absolute Gasteiger partial charge is 0.462 e. The number of alkyl halides is 3. The van der Waals surface area contributed by atoms with E-state index >= 15 is 0 Å². The molecule has 1 aromatic carbocycles. The topological polar surface area (TPSA) is 26.3 Å². The lowest BCUT2D eigenvalue weighted by molar-refractivity contribution is -0.141. The molecule has 96 valence electrons. The van der Waals surface area contributed by atoms with E-state index < -0.39 is 11.7 Å². The molecule has 0 spiro atoms. The number of esters is 1. The molecule has 1 aliphatic heterocycles. The fourth-order valence-corrected chi connectivity index (χ4v) is 2.89. The molecule has 1 heterocycles. The highest BCUT2D eigenvalue weighted by atomic mass is 19.4. The van der Waals surface area contributed by atoms with Gasteiger partial charge in [-0.15, -0.1) is 0 Å². The summed E-state index contributed by atoms with van der Waals surface area (Å²) < 4.78 is 43.7. The fraction of sp³-hybridized carbons (Fsp3) is 0.462. The van der Waals surface area contributed by atoms with Crippen LogP contribution in [0.1, 0.15) is 23.1 Å². The fourth-order valence-electron chi connectivity index (χ4n) is 2.89. The van der Waals surface area contributed by atoms with Gasteiger partial charge in [-0.3, -0.25) is 4.79 Å². The van der Waals surface area contributed by atoms with E-state index in [1.807, 2.05) is 0 Å². The Morgan fingerprint density at radius 3 is 2.67 bits per heavy atom. The van der Waals surface area contributed by atoms with Crippen molar-refractivity contribution in [1.82, 2.24) is 0 Å². The van der Waals surface area contributed by atoms with Gasteiger partial charge in [0, 0.05) is 12.3 Å². The lowest BCUT2D eigenvalue weighted by atomic mass is 9.79. The van der Waals surface area contributed by atoms with Gasteiger partial charge in [-0.05, 0) is 23.6 Å². The lowest BCUT2D eigenvalue weighted by Crippen LogP contribution is -2.29. The zero-order valence-electron chi connectivity index (χ0n) is 9.46. The normalized spacial score (nSPS) is 26.5. The Morgan fingerprint density at radius 1 is 1.17 bits per heavy atom. The van der Waals surface area contributed by atoms with Crippen LogP contribution in [-0.2, 0) is 28.5 Å². The first-order chi connectivity index (χ1) is 8.45. The van der Waals surface area contributed by atoms with E-state index in [2.05, 4.69) is 0 Å². The molecule has 2 nitrogen and oxygen atoms in total. The van der Waals surface area contributed by atoms with Crippen LogP contribution in [0.2, 0.25) is 0 Å². The highest BCUT2D eigenvalue weighted by Gasteiger charge is 2.42. The maximum Gasteiger partial charge on any atom is 0.416 e. The van der Waals surface area contributed by atoms with Crippen LogP contribution in [0, 0.1) is 5.92 Å². The SMILES string of the molecule is O=C1C[C@@H]2Cc3cccc(C(F)(F)F)c3C[C@H]2O1. The maximum atomic E-state index is 12.9. The second kappa shape index (κ2) is 3.73. The minimum absolute atomic E-state index is 0.0356. The smallest absolute Gasteiger partial charge is 0.416 e. The van der Waals surface area contributed by atoms with Crippen molar-refractivity contribution in [2.75, 3.05) is 0 Å². The molecule has 2 atom stereocenters. The predicted molar refractivity (Wildman–Crippen MR) is 56.8 cm³/mol. The highest BCUT2D eigenvalue weighted by molar-refractivity contribution is 5.72. The monoisotopic (exact) mass is 256 g/mol. The third-order valence-electron chi connectivity index (χ3n) is 3.70. The van der Waals surface area contributed by atoms with Crippen LogP contribution < -0.4 is 0 Å². The number of halogens is 3. The molecule has 0 bridgehead atoms. The van der Waals surface area contributed by atoms with Crippen molar-refractivity contribution in [1.29, 1.82) is 0 Å². The summed E-state index contributed by atoms with van der Waals surface area (Å²) in [5.74, 6) is -0.264. The molecule has 0 N–H and O–H groups in total. The predicted octanol–water partition coefficient (Wildman–Crippen LogP) is 2.74. The van der Waals surface area contributed by atoms with Gasteiger partial charge in [0.25, 0.3) is 0 Å². The minimum Gasteiger partial charge on any atom is -0.462 e. The molecular weight excluding hydrogens is 245 g/mol. The standard InChI is InChI=1S/C13H11F3O2/c14-13(15,16)10-3-1-2-7-4-8-5-12(17)18-11(8)6-9(7)10/h1-3,8,11H,4-6H2/t8-,11+/m0/s1. The van der Waals surface area contributed by atoms with Gasteiger partial charge < -0.3 is 4.74 Å². The summed E-state index contributed by atoms with van der Waals surface area (Å²) in [4.78, 5) is 11.2. The molecule has 0 unspecified atom stereocenters. The molecule has 18 heavy (non-hydrogen) atoms. The third-order valence-corrected chi connectivity index (χ3v) is 3.70. The zero-order chi connectivity index (χ0) is 12.9. The Labute approximate surface area is 102 Å². The van der Waals surface area contributed by atoms with Crippen LogP contribution in [0.15, 0.2) is 18.2 Å². The van der Waals surface area contributed by atoms with Gasteiger partial charge in [0.05, 0.1) is 12.0 Å². The number of hydrogen-bond acceptors (Lipinski definition) is 2. The second-order valence-corrected chi connectivity index (χ2v) is 4.84. The van der Waals surface area contributed by atoms with Crippen molar-refractivity contribution >= 4 is 5.97 Å².